The predicted molar refractivity (Wildman–Crippen MR) is 70.6 cm³/mol. The van der Waals surface area contributed by atoms with Crippen LogP contribution in [0.4, 0.5) is 0 Å². The van der Waals surface area contributed by atoms with Gasteiger partial charge in [0.25, 0.3) is 0 Å². The Hall–Kier alpha value is -2.14. The van der Waals surface area contributed by atoms with Crippen molar-refractivity contribution in [2.24, 2.45) is 0 Å². The van der Waals surface area contributed by atoms with Crippen molar-refractivity contribution < 1.29 is 14.4 Å². The lowest BCUT2D eigenvalue weighted by Crippen LogP contribution is -2.32. The van der Waals surface area contributed by atoms with Gasteiger partial charge in [-0.3, -0.25) is 10.1 Å². The lowest BCUT2D eigenvalue weighted by Gasteiger charge is -2.05. The molecule has 0 fully saturated rings. The first-order chi connectivity index (χ1) is 9.06. The van der Waals surface area contributed by atoms with Crippen molar-refractivity contribution in [2.75, 3.05) is 0 Å². The van der Waals surface area contributed by atoms with E-state index in [1.807, 2.05) is 37.3 Å². The molecule has 1 aromatic carbocycles. The minimum atomic E-state index is -0.890. The largest absolute Gasteiger partial charge is 0.480 e. The highest BCUT2D eigenvalue weighted by atomic mass is 16.5. The van der Waals surface area contributed by atoms with Gasteiger partial charge in [-0.25, -0.2) is 0 Å². The zero-order valence-electron chi connectivity index (χ0n) is 10.9. The van der Waals surface area contributed by atoms with Crippen LogP contribution in [0.5, 0.6) is 0 Å². The Labute approximate surface area is 111 Å². The van der Waals surface area contributed by atoms with Crippen molar-refractivity contribution in [1.82, 2.24) is 10.5 Å². The number of hydrogen-bond acceptors (Lipinski definition) is 4. The van der Waals surface area contributed by atoms with Crippen LogP contribution in [0, 0.1) is 6.92 Å². The molecular formula is C14H16N2O3. The predicted octanol–water partition coefficient (Wildman–Crippen LogP) is 2.21. The SMILES string of the molecule is Cc1ccc(-c2cc(CN[C@@H](C)C(=O)O)on2)cc1. The highest BCUT2D eigenvalue weighted by Crippen LogP contribution is 2.19. The summed E-state index contributed by atoms with van der Waals surface area (Å²) in [6.07, 6.45) is 0. The molecule has 1 aromatic heterocycles. The van der Waals surface area contributed by atoms with Crippen LogP contribution in [-0.4, -0.2) is 22.3 Å². The zero-order valence-corrected chi connectivity index (χ0v) is 10.9. The maximum absolute atomic E-state index is 10.7. The summed E-state index contributed by atoms with van der Waals surface area (Å²) < 4.78 is 5.17. The maximum Gasteiger partial charge on any atom is 0.320 e. The molecule has 0 amide bonds. The Bertz CT molecular complexity index is 560. The van der Waals surface area contributed by atoms with Gasteiger partial charge in [-0.2, -0.15) is 0 Å². The summed E-state index contributed by atoms with van der Waals surface area (Å²) in [5.41, 5.74) is 2.91. The normalized spacial score (nSPS) is 12.3. The average molecular weight is 260 g/mol. The molecule has 1 heterocycles. The van der Waals surface area contributed by atoms with E-state index < -0.39 is 12.0 Å². The van der Waals surface area contributed by atoms with Crippen molar-refractivity contribution in [2.45, 2.75) is 26.4 Å². The summed E-state index contributed by atoms with van der Waals surface area (Å²) in [5, 5.41) is 15.6. The molecule has 0 bridgehead atoms. The number of rotatable bonds is 5. The highest BCUT2D eigenvalue weighted by molar-refractivity contribution is 5.72. The van der Waals surface area contributed by atoms with Gasteiger partial charge in [-0.05, 0) is 13.8 Å². The Balaban J connectivity index is 2.03. The first-order valence-corrected chi connectivity index (χ1v) is 6.05. The molecule has 19 heavy (non-hydrogen) atoms. The standard InChI is InChI=1S/C14H16N2O3/c1-9-3-5-11(6-4-9)13-7-12(19-16-13)8-15-10(2)14(17)18/h3-7,10,15H,8H2,1-2H3,(H,17,18)/t10-/m0/s1. The van der Waals surface area contributed by atoms with Crippen LogP contribution in [0.25, 0.3) is 11.3 Å². The highest BCUT2D eigenvalue weighted by Gasteiger charge is 2.12. The van der Waals surface area contributed by atoms with Gasteiger partial charge in [0.1, 0.15) is 11.7 Å². The molecule has 2 N–H and O–H groups in total. The summed E-state index contributed by atoms with van der Waals surface area (Å²) in [6.45, 7) is 3.95. The average Bonchev–Trinajstić information content (AvgIpc) is 2.85. The number of carboxylic acid groups (broad SMARTS) is 1. The van der Waals surface area contributed by atoms with Gasteiger partial charge in [-0.1, -0.05) is 35.0 Å². The van der Waals surface area contributed by atoms with Crippen LogP contribution in [0.1, 0.15) is 18.2 Å². The number of carboxylic acids is 1. The molecule has 2 aromatic rings. The van der Waals surface area contributed by atoms with Gasteiger partial charge in [-0.15, -0.1) is 0 Å². The van der Waals surface area contributed by atoms with Crippen LogP contribution < -0.4 is 5.32 Å². The number of aromatic nitrogens is 1. The van der Waals surface area contributed by atoms with Crippen LogP contribution in [0.3, 0.4) is 0 Å². The molecule has 100 valence electrons. The maximum atomic E-state index is 10.7. The molecule has 0 radical (unpaired) electrons. The second-order valence-electron chi connectivity index (χ2n) is 4.49. The van der Waals surface area contributed by atoms with E-state index >= 15 is 0 Å². The molecule has 1 atom stereocenters. The molecular weight excluding hydrogens is 244 g/mol. The second-order valence-corrected chi connectivity index (χ2v) is 4.49. The van der Waals surface area contributed by atoms with Crippen molar-refractivity contribution >= 4 is 5.97 Å². The molecule has 0 aliphatic heterocycles. The minimum Gasteiger partial charge on any atom is -0.480 e. The summed E-state index contributed by atoms with van der Waals surface area (Å²) in [7, 11) is 0. The molecule has 0 aliphatic rings. The molecule has 2 rings (SSSR count). The molecule has 0 saturated heterocycles. The van der Waals surface area contributed by atoms with Crippen molar-refractivity contribution in [3.8, 4) is 11.3 Å². The van der Waals surface area contributed by atoms with Crippen molar-refractivity contribution in [3.63, 3.8) is 0 Å². The fourth-order valence-electron chi connectivity index (χ4n) is 1.60. The van der Waals surface area contributed by atoms with E-state index in [9.17, 15) is 4.79 Å². The lowest BCUT2D eigenvalue weighted by molar-refractivity contribution is -0.139. The third-order valence-electron chi connectivity index (χ3n) is 2.86. The Morgan fingerprint density at radius 2 is 2.11 bits per heavy atom. The van der Waals surface area contributed by atoms with E-state index in [-0.39, 0.29) is 0 Å². The zero-order chi connectivity index (χ0) is 13.8. The summed E-state index contributed by atoms with van der Waals surface area (Å²) >= 11 is 0. The monoisotopic (exact) mass is 260 g/mol. The molecule has 5 nitrogen and oxygen atoms in total. The van der Waals surface area contributed by atoms with Crippen LogP contribution in [0.15, 0.2) is 34.9 Å². The Kier molecular flexibility index (Phi) is 3.97. The summed E-state index contributed by atoms with van der Waals surface area (Å²) in [5.74, 6) is -0.276. The number of aryl methyl sites for hydroxylation is 1. The first-order valence-electron chi connectivity index (χ1n) is 6.05. The number of carbonyl (C=O) groups is 1. The van der Waals surface area contributed by atoms with Crippen LogP contribution in [0.2, 0.25) is 0 Å². The molecule has 0 saturated carbocycles. The second kappa shape index (κ2) is 5.67. The first kappa shape index (κ1) is 13.3. The van der Waals surface area contributed by atoms with Crippen LogP contribution in [-0.2, 0) is 11.3 Å². The Morgan fingerprint density at radius 3 is 2.74 bits per heavy atom. The van der Waals surface area contributed by atoms with Crippen LogP contribution >= 0.6 is 0 Å². The fraction of sp³-hybridized carbons (Fsp3) is 0.286. The number of hydrogen-bond donors (Lipinski definition) is 2. The van der Waals surface area contributed by atoms with Gasteiger partial charge in [0.05, 0.1) is 6.54 Å². The topological polar surface area (TPSA) is 75.4 Å². The third-order valence-corrected chi connectivity index (χ3v) is 2.86. The van der Waals surface area contributed by atoms with E-state index in [1.54, 1.807) is 6.92 Å². The van der Waals surface area contributed by atoms with E-state index in [0.29, 0.717) is 12.3 Å². The molecule has 0 aliphatic carbocycles. The smallest absolute Gasteiger partial charge is 0.320 e. The number of nitrogens with zero attached hydrogens (tertiary/aromatic N) is 1. The molecule has 0 spiro atoms. The van der Waals surface area contributed by atoms with Gasteiger partial charge in [0.15, 0.2) is 5.76 Å². The van der Waals surface area contributed by atoms with Gasteiger partial charge >= 0.3 is 5.97 Å². The fourth-order valence-corrected chi connectivity index (χ4v) is 1.60. The van der Waals surface area contributed by atoms with Gasteiger partial charge in [0.2, 0.25) is 0 Å². The number of nitrogens with one attached hydrogen (secondary N) is 1. The van der Waals surface area contributed by atoms with Gasteiger partial charge < -0.3 is 9.63 Å². The van der Waals surface area contributed by atoms with E-state index in [0.717, 1.165) is 11.3 Å². The summed E-state index contributed by atoms with van der Waals surface area (Å²) in [4.78, 5) is 10.7. The lowest BCUT2D eigenvalue weighted by atomic mass is 10.1. The van der Waals surface area contributed by atoms with E-state index in [2.05, 4.69) is 10.5 Å². The summed E-state index contributed by atoms with van der Waals surface area (Å²) in [6, 6.07) is 9.16. The molecule has 0 unspecified atom stereocenters. The number of benzene rings is 1. The third kappa shape index (κ3) is 3.42. The quantitative estimate of drug-likeness (QED) is 0.862. The van der Waals surface area contributed by atoms with E-state index in [1.165, 1.54) is 5.56 Å². The molecule has 5 heteroatoms. The van der Waals surface area contributed by atoms with Gasteiger partial charge in [0, 0.05) is 11.6 Å². The Morgan fingerprint density at radius 1 is 1.42 bits per heavy atom. The minimum absolute atomic E-state index is 0.340. The number of aliphatic carboxylic acids is 1. The van der Waals surface area contributed by atoms with E-state index in [4.69, 9.17) is 9.63 Å². The van der Waals surface area contributed by atoms with Crippen molar-refractivity contribution in [1.29, 1.82) is 0 Å². The van der Waals surface area contributed by atoms with Crippen molar-refractivity contribution in [3.05, 3.63) is 41.7 Å².